The molecule has 0 heterocycles. The van der Waals surface area contributed by atoms with Gasteiger partial charge in [0.15, 0.2) is 5.75 Å². The fraction of sp³-hybridized carbons (Fsp3) is 0.0952. The number of anilines is 2. The van der Waals surface area contributed by atoms with Crippen molar-refractivity contribution in [1.29, 1.82) is 0 Å². The Hall–Kier alpha value is -2.34. The van der Waals surface area contributed by atoms with Gasteiger partial charge in [-0.3, -0.25) is 4.79 Å². The van der Waals surface area contributed by atoms with E-state index in [1.165, 1.54) is 6.92 Å². The second-order valence-electron chi connectivity index (χ2n) is 6.06. The third-order valence-electron chi connectivity index (χ3n) is 3.87. The normalized spacial score (nSPS) is 10.5. The number of benzene rings is 3. The van der Waals surface area contributed by atoms with Crippen molar-refractivity contribution in [3.63, 3.8) is 0 Å². The summed E-state index contributed by atoms with van der Waals surface area (Å²) in [6.07, 6.45) is 0. The van der Waals surface area contributed by atoms with Crippen LogP contribution in [0.4, 0.5) is 11.4 Å². The lowest BCUT2D eigenvalue weighted by molar-refractivity contribution is -0.114. The lowest BCUT2D eigenvalue weighted by atomic mass is 10.2. The average molecular weight is 433 g/mol. The number of hydrogen-bond donors (Lipinski definition) is 3. The molecule has 0 saturated carbocycles. The Morgan fingerprint density at radius 1 is 1.00 bits per heavy atom. The first-order valence-electron chi connectivity index (χ1n) is 8.47. The number of nitrogens with one attached hydrogen (secondary N) is 2. The van der Waals surface area contributed by atoms with E-state index in [9.17, 15) is 9.90 Å². The summed E-state index contributed by atoms with van der Waals surface area (Å²) in [6, 6.07) is 19.1. The second-order valence-corrected chi connectivity index (χ2v) is 7.99. The van der Waals surface area contributed by atoms with Crippen molar-refractivity contribution in [3.8, 4) is 5.75 Å². The van der Waals surface area contributed by atoms with Gasteiger partial charge < -0.3 is 15.7 Å². The molecule has 0 atom stereocenters. The molecular formula is C21H18Cl2N2O2S. The third kappa shape index (κ3) is 5.35. The van der Waals surface area contributed by atoms with Crippen molar-refractivity contribution in [2.75, 3.05) is 10.6 Å². The van der Waals surface area contributed by atoms with E-state index in [1.54, 1.807) is 23.9 Å². The Bertz CT molecular complexity index is 971. The predicted molar refractivity (Wildman–Crippen MR) is 117 cm³/mol. The van der Waals surface area contributed by atoms with Gasteiger partial charge in [-0.2, -0.15) is 0 Å². The van der Waals surface area contributed by atoms with E-state index in [0.29, 0.717) is 6.54 Å². The van der Waals surface area contributed by atoms with E-state index < -0.39 is 0 Å². The van der Waals surface area contributed by atoms with E-state index in [4.69, 9.17) is 23.2 Å². The van der Waals surface area contributed by atoms with Crippen LogP contribution in [0.1, 0.15) is 12.5 Å². The summed E-state index contributed by atoms with van der Waals surface area (Å²) in [5, 5.41) is 16.1. The number of hydrogen-bond acceptors (Lipinski definition) is 4. The van der Waals surface area contributed by atoms with Gasteiger partial charge >= 0.3 is 0 Å². The molecule has 0 bridgehead atoms. The molecule has 0 saturated heterocycles. The third-order valence-corrected chi connectivity index (χ3v) is 5.58. The predicted octanol–water partition coefficient (Wildman–Crippen LogP) is 6.42. The first-order valence-corrected chi connectivity index (χ1v) is 10.0. The van der Waals surface area contributed by atoms with Crippen molar-refractivity contribution in [2.24, 2.45) is 0 Å². The van der Waals surface area contributed by atoms with Gasteiger partial charge in [-0.25, -0.2) is 0 Å². The van der Waals surface area contributed by atoms with E-state index in [1.807, 2.05) is 42.5 Å². The molecule has 1 amide bonds. The van der Waals surface area contributed by atoms with Crippen LogP contribution in [-0.4, -0.2) is 11.0 Å². The average Bonchev–Trinajstić information content (AvgIpc) is 2.66. The Balaban J connectivity index is 1.72. The second kappa shape index (κ2) is 9.24. The summed E-state index contributed by atoms with van der Waals surface area (Å²) >= 11 is 13.6. The van der Waals surface area contributed by atoms with E-state index in [-0.39, 0.29) is 21.7 Å². The van der Waals surface area contributed by atoms with Gasteiger partial charge in [0.25, 0.3) is 0 Å². The number of aromatic hydroxyl groups is 1. The Morgan fingerprint density at radius 2 is 1.64 bits per heavy atom. The van der Waals surface area contributed by atoms with Crippen molar-refractivity contribution in [2.45, 2.75) is 23.3 Å². The van der Waals surface area contributed by atoms with Crippen LogP contribution in [0.3, 0.4) is 0 Å². The van der Waals surface area contributed by atoms with Gasteiger partial charge in [-0.05, 0) is 48.0 Å². The van der Waals surface area contributed by atoms with Crippen LogP contribution < -0.4 is 10.6 Å². The summed E-state index contributed by atoms with van der Waals surface area (Å²) in [4.78, 5) is 13.3. The molecule has 3 aromatic carbocycles. The van der Waals surface area contributed by atoms with Crippen molar-refractivity contribution < 1.29 is 9.90 Å². The molecule has 3 rings (SSSR count). The SMILES string of the molecule is CC(=O)Nc1ccc(Sc2ccccc2CNc2cc(Cl)c(O)c(Cl)c2)cc1. The fourth-order valence-electron chi connectivity index (χ4n) is 2.55. The molecule has 0 fully saturated rings. The molecule has 3 aromatic rings. The fourth-order valence-corrected chi connectivity index (χ4v) is 3.98. The van der Waals surface area contributed by atoms with Crippen LogP contribution >= 0.6 is 35.0 Å². The minimum Gasteiger partial charge on any atom is -0.505 e. The summed E-state index contributed by atoms with van der Waals surface area (Å²) in [6.45, 7) is 2.06. The van der Waals surface area contributed by atoms with E-state index >= 15 is 0 Å². The monoisotopic (exact) mass is 432 g/mol. The molecule has 144 valence electrons. The molecule has 0 aliphatic rings. The van der Waals surface area contributed by atoms with Crippen LogP contribution in [0, 0.1) is 0 Å². The molecule has 7 heteroatoms. The van der Waals surface area contributed by atoms with Gasteiger partial charge in [0.1, 0.15) is 0 Å². The van der Waals surface area contributed by atoms with Gasteiger partial charge in [0.05, 0.1) is 10.0 Å². The Labute approximate surface area is 177 Å². The number of carbonyl (C=O) groups excluding carboxylic acids is 1. The van der Waals surface area contributed by atoms with Crippen LogP contribution in [0.2, 0.25) is 10.0 Å². The number of amides is 1. The maximum absolute atomic E-state index is 11.1. The number of halogens is 2. The maximum Gasteiger partial charge on any atom is 0.221 e. The topological polar surface area (TPSA) is 61.4 Å². The summed E-state index contributed by atoms with van der Waals surface area (Å²) in [7, 11) is 0. The van der Waals surface area contributed by atoms with Crippen LogP contribution in [-0.2, 0) is 11.3 Å². The standard InChI is InChI=1S/C21H18Cl2N2O2S/c1-13(26)25-15-6-8-17(9-7-15)28-20-5-3-2-4-14(20)12-24-16-10-18(22)21(27)19(23)11-16/h2-11,24,27H,12H2,1H3,(H,25,26). The Kier molecular flexibility index (Phi) is 6.73. The minimum absolute atomic E-state index is 0.0914. The van der Waals surface area contributed by atoms with Crippen LogP contribution in [0.5, 0.6) is 5.75 Å². The molecule has 3 N–H and O–H groups in total. The van der Waals surface area contributed by atoms with Crippen molar-refractivity contribution >= 4 is 52.2 Å². The van der Waals surface area contributed by atoms with Crippen molar-refractivity contribution in [1.82, 2.24) is 0 Å². The molecule has 0 aliphatic carbocycles. The number of carbonyl (C=O) groups is 1. The Morgan fingerprint density at radius 3 is 2.29 bits per heavy atom. The van der Waals surface area contributed by atoms with Crippen LogP contribution in [0.15, 0.2) is 70.5 Å². The smallest absolute Gasteiger partial charge is 0.221 e. The zero-order valence-electron chi connectivity index (χ0n) is 15.0. The van der Waals surface area contributed by atoms with Gasteiger partial charge in [0, 0.05) is 34.6 Å². The number of phenols is 1. The lowest BCUT2D eigenvalue weighted by Gasteiger charge is -2.13. The molecular weight excluding hydrogens is 415 g/mol. The van der Waals surface area contributed by atoms with Crippen LogP contribution in [0.25, 0.3) is 0 Å². The molecule has 0 spiro atoms. The highest BCUT2D eigenvalue weighted by Gasteiger charge is 2.08. The molecule has 0 radical (unpaired) electrons. The molecule has 28 heavy (non-hydrogen) atoms. The highest BCUT2D eigenvalue weighted by atomic mass is 35.5. The van der Waals surface area contributed by atoms with E-state index in [2.05, 4.69) is 16.7 Å². The molecule has 0 aliphatic heterocycles. The maximum atomic E-state index is 11.1. The van der Waals surface area contributed by atoms with Gasteiger partial charge in [0.2, 0.25) is 5.91 Å². The van der Waals surface area contributed by atoms with Gasteiger partial charge in [-0.1, -0.05) is 53.2 Å². The lowest BCUT2D eigenvalue weighted by Crippen LogP contribution is -2.05. The highest BCUT2D eigenvalue weighted by molar-refractivity contribution is 7.99. The van der Waals surface area contributed by atoms with Crippen molar-refractivity contribution in [3.05, 3.63) is 76.3 Å². The molecule has 4 nitrogen and oxygen atoms in total. The zero-order chi connectivity index (χ0) is 20.1. The summed E-state index contributed by atoms with van der Waals surface area (Å²) < 4.78 is 0. The first-order chi connectivity index (χ1) is 13.4. The van der Waals surface area contributed by atoms with E-state index in [0.717, 1.165) is 26.7 Å². The highest BCUT2D eigenvalue weighted by Crippen LogP contribution is 2.35. The quantitative estimate of drug-likeness (QED) is 0.393. The summed E-state index contributed by atoms with van der Waals surface area (Å²) in [5.74, 6) is -0.209. The molecule has 0 unspecified atom stereocenters. The largest absolute Gasteiger partial charge is 0.505 e. The first kappa shape index (κ1) is 20.4. The minimum atomic E-state index is -0.118. The number of phenolic OH excluding ortho intramolecular Hbond substituents is 1. The van der Waals surface area contributed by atoms with Gasteiger partial charge in [-0.15, -0.1) is 0 Å². The summed E-state index contributed by atoms with van der Waals surface area (Å²) in [5.41, 5.74) is 2.61. The number of rotatable bonds is 6. The molecule has 0 aromatic heterocycles. The zero-order valence-corrected chi connectivity index (χ0v) is 17.3.